The Morgan fingerprint density at radius 1 is 0.900 bits per heavy atom. The molecule has 1 aromatic heterocycles. The largest absolute Gasteiger partial charge is 0.573 e. The first-order valence-electron chi connectivity index (χ1n) is 8.40. The fourth-order valence-electron chi connectivity index (χ4n) is 2.39. The van der Waals surface area contributed by atoms with Gasteiger partial charge in [0.25, 0.3) is 11.8 Å². The standard InChI is InChI=1S/C20H13BrF3N3O3/c21-14-6-9-17(25-11-14)27-19(29)13-2-1-3-15(10-13)26-18(28)12-4-7-16(8-5-12)30-20(22,23)24/h1-11H,(H,26,28)(H,25,27,29). The number of hydrogen-bond acceptors (Lipinski definition) is 4. The molecule has 2 amide bonds. The van der Waals surface area contributed by atoms with E-state index in [2.05, 4.69) is 36.3 Å². The summed E-state index contributed by atoms with van der Waals surface area (Å²) in [6.07, 6.45) is -3.27. The molecule has 0 unspecified atom stereocenters. The van der Waals surface area contributed by atoms with Crippen LogP contribution in [0.15, 0.2) is 71.3 Å². The molecule has 154 valence electrons. The number of halogens is 4. The van der Waals surface area contributed by atoms with Crippen LogP contribution in [0.1, 0.15) is 20.7 Å². The van der Waals surface area contributed by atoms with Crippen molar-refractivity contribution in [3.63, 3.8) is 0 Å². The zero-order valence-corrected chi connectivity index (χ0v) is 16.6. The lowest BCUT2D eigenvalue weighted by Gasteiger charge is -2.10. The number of carbonyl (C=O) groups excluding carboxylic acids is 2. The van der Waals surface area contributed by atoms with E-state index < -0.39 is 23.9 Å². The quantitative estimate of drug-likeness (QED) is 0.523. The Morgan fingerprint density at radius 2 is 1.60 bits per heavy atom. The van der Waals surface area contributed by atoms with Gasteiger partial charge in [0.15, 0.2) is 0 Å². The maximum atomic E-state index is 12.4. The molecule has 2 N–H and O–H groups in total. The molecule has 3 rings (SSSR count). The van der Waals surface area contributed by atoms with E-state index >= 15 is 0 Å². The van der Waals surface area contributed by atoms with Crippen molar-refractivity contribution in [2.75, 3.05) is 10.6 Å². The Morgan fingerprint density at radius 3 is 2.23 bits per heavy atom. The van der Waals surface area contributed by atoms with Gasteiger partial charge in [-0.15, -0.1) is 13.2 Å². The number of pyridine rings is 1. The molecule has 0 aliphatic carbocycles. The first-order chi connectivity index (χ1) is 14.2. The molecule has 2 aromatic carbocycles. The van der Waals surface area contributed by atoms with Crippen LogP contribution in [0.3, 0.4) is 0 Å². The highest BCUT2D eigenvalue weighted by atomic mass is 79.9. The second kappa shape index (κ2) is 8.95. The van der Waals surface area contributed by atoms with Crippen molar-refractivity contribution in [1.82, 2.24) is 4.98 Å². The van der Waals surface area contributed by atoms with Gasteiger partial charge in [-0.1, -0.05) is 6.07 Å². The number of nitrogens with zero attached hydrogens (tertiary/aromatic N) is 1. The molecule has 0 radical (unpaired) electrons. The SMILES string of the molecule is O=C(Nc1cccc(C(=O)Nc2ccc(Br)cn2)c1)c1ccc(OC(F)(F)F)cc1. The summed E-state index contributed by atoms with van der Waals surface area (Å²) in [5.74, 6) is -1.05. The molecule has 0 spiro atoms. The molecule has 3 aromatic rings. The van der Waals surface area contributed by atoms with Crippen molar-refractivity contribution in [1.29, 1.82) is 0 Å². The lowest BCUT2D eigenvalue weighted by molar-refractivity contribution is -0.274. The highest BCUT2D eigenvalue weighted by Crippen LogP contribution is 2.23. The van der Waals surface area contributed by atoms with Gasteiger partial charge in [-0.3, -0.25) is 9.59 Å². The number of ether oxygens (including phenoxy) is 1. The van der Waals surface area contributed by atoms with Gasteiger partial charge in [-0.05, 0) is 70.5 Å². The number of aromatic nitrogens is 1. The van der Waals surface area contributed by atoms with Crippen LogP contribution in [0.5, 0.6) is 5.75 Å². The summed E-state index contributed by atoms with van der Waals surface area (Å²) in [4.78, 5) is 28.8. The number of benzene rings is 2. The molecule has 0 bridgehead atoms. The highest BCUT2D eigenvalue weighted by molar-refractivity contribution is 9.10. The van der Waals surface area contributed by atoms with E-state index in [1.807, 2.05) is 0 Å². The molecular formula is C20H13BrF3N3O3. The van der Waals surface area contributed by atoms with Gasteiger partial charge in [0, 0.05) is 27.5 Å². The molecule has 6 nitrogen and oxygen atoms in total. The van der Waals surface area contributed by atoms with Crippen LogP contribution in [0.25, 0.3) is 0 Å². The minimum atomic E-state index is -4.81. The smallest absolute Gasteiger partial charge is 0.406 e. The van der Waals surface area contributed by atoms with Gasteiger partial charge in [-0.25, -0.2) is 4.98 Å². The Kier molecular flexibility index (Phi) is 6.36. The lowest BCUT2D eigenvalue weighted by Crippen LogP contribution is -2.17. The van der Waals surface area contributed by atoms with Gasteiger partial charge in [0.2, 0.25) is 0 Å². The number of nitrogens with one attached hydrogen (secondary N) is 2. The van der Waals surface area contributed by atoms with Gasteiger partial charge < -0.3 is 15.4 Å². The zero-order chi connectivity index (χ0) is 21.7. The molecule has 10 heteroatoms. The normalized spacial score (nSPS) is 10.9. The molecule has 1 heterocycles. The second-order valence-electron chi connectivity index (χ2n) is 5.92. The van der Waals surface area contributed by atoms with E-state index in [0.29, 0.717) is 11.5 Å². The topological polar surface area (TPSA) is 80.3 Å². The first-order valence-corrected chi connectivity index (χ1v) is 9.19. The minimum absolute atomic E-state index is 0.124. The summed E-state index contributed by atoms with van der Waals surface area (Å²) in [6.45, 7) is 0. The molecule has 0 saturated heterocycles. The molecule has 0 fully saturated rings. The predicted octanol–water partition coefficient (Wildman–Crippen LogP) is 5.25. The number of amides is 2. The van der Waals surface area contributed by atoms with Crippen LogP contribution in [-0.4, -0.2) is 23.2 Å². The van der Waals surface area contributed by atoms with Crippen LogP contribution >= 0.6 is 15.9 Å². The fraction of sp³-hybridized carbons (Fsp3) is 0.0500. The molecule has 0 aliphatic heterocycles. The van der Waals surface area contributed by atoms with Crippen molar-refractivity contribution in [3.05, 3.63) is 82.5 Å². The number of rotatable bonds is 5. The average Bonchev–Trinajstić information content (AvgIpc) is 2.69. The third kappa shape index (κ3) is 6.05. The second-order valence-corrected chi connectivity index (χ2v) is 6.84. The van der Waals surface area contributed by atoms with Crippen molar-refractivity contribution in [2.45, 2.75) is 6.36 Å². The summed E-state index contributed by atoms with van der Waals surface area (Å²) in [7, 11) is 0. The van der Waals surface area contributed by atoms with Crippen LogP contribution in [-0.2, 0) is 0 Å². The van der Waals surface area contributed by atoms with Gasteiger partial charge >= 0.3 is 6.36 Å². The molecular weight excluding hydrogens is 467 g/mol. The number of hydrogen-bond donors (Lipinski definition) is 2. The number of carbonyl (C=O) groups is 2. The van der Waals surface area contributed by atoms with E-state index in [9.17, 15) is 22.8 Å². The Labute approximate surface area is 177 Å². The molecule has 0 atom stereocenters. The van der Waals surface area contributed by atoms with E-state index in [1.54, 1.807) is 30.3 Å². The lowest BCUT2D eigenvalue weighted by atomic mass is 10.1. The molecule has 0 aliphatic rings. The van der Waals surface area contributed by atoms with Crippen molar-refractivity contribution < 1.29 is 27.5 Å². The summed E-state index contributed by atoms with van der Waals surface area (Å²) in [6, 6.07) is 14.0. The van der Waals surface area contributed by atoms with Crippen molar-refractivity contribution >= 4 is 39.2 Å². The van der Waals surface area contributed by atoms with Crippen LogP contribution in [0, 0.1) is 0 Å². The van der Waals surface area contributed by atoms with Gasteiger partial charge in [0.05, 0.1) is 0 Å². The third-order valence-electron chi connectivity index (χ3n) is 3.70. The number of alkyl halides is 3. The maximum Gasteiger partial charge on any atom is 0.573 e. The maximum absolute atomic E-state index is 12.4. The first kappa shape index (κ1) is 21.3. The molecule has 30 heavy (non-hydrogen) atoms. The number of anilines is 2. The average molecular weight is 480 g/mol. The Balaban J connectivity index is 1.66. The summed E-state index contributed by atoms with van der Waals surface area (Å²) in [5, 5.41) is 5.22. The summed E-state index contributed by atoms with van der Waals surface area (Å²) in [5.41, 5.74) is 0.747. The van der Waals surface area contributed by atoms with Crippen molar-refractivity contribution in [3.8, 4) is 5.75 Å². The monoisotopic (exact) mass is 479 g/mol. The summed E-state index contributed by atoms with van der Waals surface area (Å²) < 4.78 is 41.2. The van der Waals surface area contributed by atoms with E-state index in [4.69, 9.17) is 0 Å². The molecule has 0 saturated carbocycles. The van der Waals surface area contributed by atoms with Crippen LogP contribution in [0.2, 0.25) is 0 Å². The van der Waals surface area contributed by atoms with Crippen LogP contribution < -0.4 is 15.4 Å². The van der Waals surface area contributed by atoms with E-state index in [0.717, 1.165) is 16.6 Å². The van der Waals surface area contributed by atoms with Crippen LogP contribution in [0.4, 0.5) is 24.7 Å². The van der Waals surface area contributed by atoms with E-state index in [1.165, 1.54) is 24.4 Å². The van der Waals surface area contributed by atoms with Crippen molar-refractivity contribution in [2.24, 2.45) is 0 Å². The van der Waals surface area contributed by atoms with E-state index in [-0.39, 0.29) is 11.1 Å². The fourth-order valence-corrected chi connectivity index (χ4v) is 2.62. The highest BCUT2D eigenvalue weighted by Gasteiger charge is 2.31. The zero-order valence-electron chi connectivity index (χ0n) is 15.0. The predicted molar refractivity (Wildman–Crippen MR) is 107 cm³/mol. The summed E-state index contributed by atoms with van der Waals surface area (Å²) >= 11 is 3.25. The van der Waals surface area contributed by atoms with Gasteiger partial charge in [0.1, 0.15) is 11.6 Å². The minimum Gasteiger partial charge on any atom is -0.406 e. The third-order valence-corrected chi connectivity index (χ3v) is 4.17. The Hall–Kier alpha value is -3.40. The Bertz CT molecular complexity index is 1060. The van der Waals surface area contributed by atoms with Gasteiger partial charge in [-0.2, -0.15) is 0 Å².